The van der Waals surface area contributed by atoms with Gasteiger partial charge in [0.1, 0.15) is 10.7 Å². The fourth-order valence-electron chi connectivity index (χ4n) is 3.26. The predicted molar refractivity (Wildman–Crippen MR) is 105 cm³/mol. The van der Waals surface area contributed by atoms with Crippen molar-refractivity contribution in [2.45, 2.75) is 28.7 Å². The molecular weight excluding hydrogens is 386 g/mol. The second-order valence-electron chi connectivity index (χ2n) is 6.63. The molecule has 0 unspecified atom stereocenters. The normalized spacial score (nSPS) is 14.4. The Morgan fingerprint density at radius 2 is 1.89 bits per heavy atom. The zero-order valence-corrected chi connectivity index (χ0v) is 15.9. The summed E-state index contributed by atoms with van der Waals surface area (Å²) in [5.74, 6) is -0.126. The maximum atomic E-state index is 13.5. The van der Waals surface area contributed by atoms with Crippen LogP contribution in [0.25, 0.3) is 10.9 Å². The van der Waals surface area contributed by atoms with Crippen molar-refractivity contribution in [3.63, 3.8) is 0 Å². The molecule has 0 aliphatic heterocycles. The highest BCUT2D eigenvalue weighted by Crippen LogP contribution is 2.41. The van der Waals surface area contributed by atoms with Crippen LogP contribution in [0, 0.1) is 0 Å². The van der Waals surface area contributed by atoms with Gasteiger partial charge in [-0.15, -0.1) is 0 Å². The van der Waals surface area contributed by atoms with E-state index >= 15 is 0 Å². The van der Waals surface area contributed by atoms with Crippen LogP contribution in [-0.2, 0) is 14.6 Å². The van der Waals surface area contributed by atoms with Crippen LogP contribution in [0.15, 0.2) is 58.3 Å². The second kappa shape index (κ2) is 6.58. The summed E-state index contributed by atoms with van der Waals surface area (Å²) in [5.41, 5.74) is 6.06. The number of halogens is 1. The van der Waals surface area contributed by atoms with Gasteiger partial charge in [0.15, 0.2) is 0 Å². The van der Waals surface area contributed by atoms with Crippen molar-refractivity contribution in [2.24, 2.45) is 5.73 Å². The average Bonchev–Trinajstić information content (AvgIpc) is 3.40. The van der Waals surface area contributed by atoms with Gasteiger partial charge in [-0.1, -0.05) is 29.8 Å². The maximum Gasteiger partial charge on any atom is 0.237 e. The highest BCUT2D eigenvalue weighted by Gasteiger charge is 2.36. The van der Waals surface area contributed by atoms with Gasteiger partial charge in [-0.25, -0.2) is 8.42 Å². The number of nitrogens with two attached hydrogens (primary N) is 1. The Kier molecular flexibility index (Phi) is 4.36. The summed E-state index contributed by atoms with van der Waals surface area (Å²) in [6.45, 7) is -0.0530. The first-order valence-corrected chi connectivity index (χ1v) is 10.4. The van der Waals surface area contributed by atoms with Crippen molar-refractivity contribution in [3.8, 4) is 0 Å². The van der Waals surface area contributed by atoms with Crippen LogP contribution in [0.4, 0.5) is 5.82 Å². The molecule has 1 fully saturated rings. The summed E-state index contributed by atoms with van der Waals surface area (Å²) >= 11 is 6.14. The third kappa shape index (κ3) is 3.28. The number of hydrogen-bond donors (Lipinski definition) is 2. The van der Waals surface area contributed by atoms with E-state index in [0.717, 1.165) is 12.8 Å². The van der Waals surface area contributed by atoms with Crippen LogP contribution in [0.3, 0.4) is 0 Å². The molecule has 4 rings (SSSR count). The lowest BCUT2D eigenvalue weighted by Crippen LogP contribution is -2.36. The average molecular weight is 404 g/mol. The van der Waals surface area contributed by atoms with E-state index in [-0.39, 0.29) is 22.4 Å². The molecule has 8 heteroatoms. The first-order valence-electron chi connectivity index (χ1n) is 8.54. The number of sulfone groups is 1. The SMILES string of the molecule is NC(=O)CN(c1[nH]c2ccc(Cl)cc2c1S(=O)(=O)c1ccccc1)C1CC1. The molecule has 1 aliphatic carbocycles. The number of fused-ring (bicyclic) bond motifs is 1. The fraction of sp³-hybridized carbons (Fsp3) is 0.211. The third-order valence-electron chi connectivity index (χ3n) is 4.62. The topological polar surface area (TPSA) is 96.3 Å². The van der Waals surface area contributed by atoms with Gasteiger partial charge in [-0.05, 0) is 43.2 Å². The lowest BCUT2D eigenvalue weighted by molar-refractivity contribution is -0.116. The van der Waals surface area contributed by atoms with Crippen molar-refractivity contribution in [1.82, 2.24) is 4.98 Å². The number of hydrogen-bond acceptors (Lipinski definition) is 4. The van der Waals surface area contributed by atoms with Gasteiger partial charge >= 0.3 is 0 Å². The van der Waals surface area contributed by atoms with E-state index in [1.165, 1.54) is 0 Å². The lowest BCUT2D eigenvalue weighted by atomic mass is 10.2. The van der Waals surface area contributed by atoms with Crippen LogP contribution >= 0.6 is 11.6 Å². The molecule has 1 saturated carbocycles. The van der Waals surface area contributed by atoms with Crippen molar-refractivity contribution >= 4 is 44.1 Å². The zero-order chi connectivity index (χ0) is 19.2. The molecule has 1 aliphatic rings. The first-order chi connectivity index (χ1) is 12.9. The molecule has 1 aromatic heterocycles. The zero-order valence-electron chi connectivity index (χ0n) is 14.4. The maximum absolute atomic E-state index is 13.5. The Hall–Kier alpha value is -2.51. The van der Waals surface area contributed by atoms with Crippen molar-refractivity contribution in [3.05, 3.63) is 53.6 Å². The van der Waals surface area contributed by atoms with Crippen molar-refractivity contribution in [2.75, 3.05) is 11.4 Å². The summed E-state index contributed by atoms with van der Waals surface area (Å²) in [5, 5.41) is 0.932. The number of H-pyrrole nitrogens is 1. The second-order valence-corrected chi connectivity index (χ2v) is 8.96. The van der Waals surface area contributed by atoms with Gasteiger partial charge in [0.2, 0.25) is 15.7 Å². The standard InChI is InChI=1S/C19H18ClN3O3S/c20-12-6-9-16-15(10-12)18(27(25,26)14-4-2-1-3-5-14)19(22-16)23(11-17(21)24)13-7-8-13/h1-6,9-10,13,22H,7-8,11H2,(H2,21,24). The van der Waals surface area contributed by atoms with E-state index in [0.29, 0.717) is 21.7 Å². The number of aromatic nitrogens is 1. The molecule has 0 saturated heterocycles. The summed E-state index contributed by atoms with van der Waals surface area (Å²) in [6.07, 6.45) is 1.77. The number of anilines is 1. The summed E-state index contributed by atoms with van der Waals surface area (Å²) in [6, 6.07) is 13.4. The number of carbonyl (C=O) groups is 1. The van der Waals surface area contributed by atoms with E-state index in [9.17, 15) is 13.2 Å². The summed E-state index contributed by atoms with van der Waals surface area (Å²) < 4.78 is 26.9. The van der Waals surface area contributed by atoms with E-state index in [1.54, 1.807) is 53.4 Å². The van der Waals surface area contributed by atoms with Gasteiger partial charge in [-0.3, -0.25) is 4.79 Å². The molecule has 0 bridgehead atoms. The number of aromatic amines is 1. The number of nitrogens with zero attached hydrogens (tertiary/aromatic N) is 1. The van der Waals surface area contributed by atoms with Gasteiger partial charge in [-0.2, -0.15) is 0 Å². The predicted octanol–water partition coefficient (Wildman–Crippen LogP) is 3.11. The van der Waals surface area contributed by atoms with Gasteiger partial charge < -0.3 is 15.6 Å². The highest BCUT2D eigenvalue weighted by molar-refractivity contribution is 7.92. The molecular formula is C19H18ClN3O3S. The number of carbonyl (C=O) groups excluding carboxylic acids is 1. The number of rotatable bonds is 6. The fourth-order valence-corrected chi connectivity index (χ4v) is 5.07. The molecule has 1 amide bonds. The largest absolute Gasteiger partial charge is 0.368 e. The summed E-state index contributed by atoms with van der Waals surface area (Å²) in [4.78, 5) is 16.8. The molecule has 3 N–H and O–H groups in total. The molecule has 140 valence electrons. The Labute approximate surface area is 161 Å². The van der Waals surface area contributed by atoms with Crippen LogP contribution in [0.5, 0.6) is 0 Å². The smallest absolute Gasteiger partial charge is 0.237 e. The molecule has 6 nitrogen and oxygen atoms in total. The molecule has 2 aromatic carbocycles. The number of amides is 1. The lowest BCUT2D eigenvalue weighted by Gasteiger charge is -2.23. The molecule has 3 aromatic rings. The minimum absolute atomic E-state index is 0.0530. The number of primary amides is 1. The minimum atomic E-state index is -3.84. The number of benzene rings is 2. The molecule has 0 atom stereocenters. The van der Waals surface area contributed by atoms with E-state index < -0.39 is 15.7 Å². The third-order valence-corrected chi connectivity index (χ3v) is 6.70. The van der Waals surface area contributed by atoms with E-state index in [1.807, 2.05) is 0 Å². The number of nitrogens with one attached hydrogen (secondary N) is 1. The van der Waals surface area contributed by atoms with Crippen LogP contribution in [-0.4, -0.2) is 31.9 Å². The van der Waals surface area contributed by atoms with Crippen molar-refractivity contribution < 1.29 is 13.2 Å². The molecule has 27 heavy (non-hydrogen) atoms. The van der Waals surface area contributed by atoms with E-state index in [2.05, 4.69) is 4.98 Å². The first kappa shape index (κ1) is 17.9. The Bertz CT molecular complexity index is 1120. The van der Waals surface area contributed by atoms with E-state index in [4.69, 9.17) is 17.3 Å². The minimum Gasteiger partial charge on any atom is -0.368 e. The molecule has 0 radical (unpaired) electrons. The molecule has 0 spiro atoms. The Morgan fingerprint density at radius 1 is 1.19 bits per heavy atom. The van der Waals surface area contributed by atoms with Crippen molar-refractivity contribution in [1.29, 1.82) is 0 Å². The van der Waals surface area contributed by atoms with Gasteiger partial charge in [0.25, 0.3) is 0 Å². The summed E-state index contributed by atoms with van der Waals surface area (Å²) in [7, 11) is -3.84. The molecule has 1 heterocycles. The Morgan fingerprint density at radius 3 is 2.52 bits per heavy atom. The van der Waals surface area contributed by atoms with Crippen LogP contribution < -0.4 is 10.6 Å². The highest BCUT2D eigenvalue weighted by atomic mass is 35.5. The van der Waals surface area contributed by atoms with Gasteiger partial charge in [0.05, 0.1) is 11.4 Å². The van der Waals surface area contributed by atoms with Crippen LogP contribution in [0.2, 0.25) is 5.02 Å². The monoisotopic (exact) mass is 403 g/mol. The quantitative estimate of drug-likeness (QED) is 0.660. The van der Waals surface area contributed by atoms with Crippen LogP contribution in [0.1, 0.15) is 12.8 Å². The van der Waals surface area contributed by atoms with Gasteiger partial charge in [0, 0.05) is 22.0 Å². The Balaban J connectivity index is 1.99.